The van der Waals surface area contributed by atoms with Gasteiger partial charge in [0.1, 0.15) is 0 Å². The molecule has 7 heteroatoms. The lowest BCUT2D eigenvalue weighted by Crippen LogP contribution is -2.48. The number of rotatable bonds is 3. The highest BCUT2D eigenvalue weighted by Gasteiger charge is 2.28. The fourth-order valence-corrected chi connectivity index (χ4v) is 5.01. The van der Waals surface area contributed by atoms with Crippen LogP contribution in [-0.4, -0.2) is 68.3 Å². The van der Waals surface area contributed by atoms with Crippen molar-refractivity contribution in [3.63, 3.8) is 0 Å². The quantitative estimate of drug-likeness (QED) is 0.578. The van der Waals surface area contributed by atoms with Crippen molar-refractivity contribution in [2.45, 2.75) is 13.8 Å². The van der Waals surface area contributed by atoms with E-state index >= 15 is 0 Å². The Labute approximate surface area is 199 Å². The predicted octanol–water partition coefficient (Wildman–Crippen LogP) is 4.30. The number of halogens is 1. The summed E-state index contributed by atoms with van der Waals surface area (Å²) >= 11 is 6.38. The number of amides is 1. The second-order valence-electron chi connectivity index (χ2n) is 8.78. The number of hydrogen-bond donors (Lipinski definition) is 0. The summed E-state index contributed by atoms with van der Waals surface area (Å²) in [6.07, 6.45) is 1.74. The average molecular weight is 465 g/mol. The number of aryl methyl sites for hydroxylation is 1. The van der Waals surface area contributed by atoms with Gasteiger partial charge in [0.05, 0.1) is 30.0 Å². The van der Waals surface area contributed by atoms with Gasteiger partial charge in [-0.05, 0) is 49.2 Å². The van der Waals surface area contributed by atoms with Crippen LogP contribution in [0.1, 0.15) is 21.5 Å². The molecule has 2 aliphatic heterocycles. The Hall–Kier alpha value is -2.83. The molecule has 2 fully saturated rings. The van der Waals surface area contributed by atoms with Crippen molar-refractivity contribution in [1.29, 1.82) is 0 Å². The number of benzene rings is 2. The van der Waals surface area contributed by atoms with Crippen molar-refractivity contribution >= 4 is 39.8 Å². The van der Waals surface area contributed by atoms with Crippen LogP contribution in [0.4, 0.5) is 11.4 Å². The highest BCUT2D eigenvalue weighted by atomic mass is 35.5. The van der Waals surface area contributed by atoms with Crippen molar-refractivity contribution in [3.8, 4) is 0 Å². The van der Waals surface area contributed by atoms with E-state index in [0.717, 1.165) is 42.8 Å². The van der Waals surface area contributed by atoms with Gasteiger partial charge in [0.25, 0.3) is 5.91 Å². The predicted molar refractivity (Wildman–Crippen MR) is 134 cm³/mol. The zero-order valence-corrected chi connectivity index (χ0v) is 19.9. The van der Waals surface area contributed by atoms with E-state index in [1.165, 1.54) is 16.8 Å². The van der Waals surface area contributed by atoms with Crippen LogP contribution in [0.25, 0.3) is 10.9 Å². The van der Waals surface area contributed by atoms with Crippen molar-refractivity contribution in [2.75, 3.05) is 62.3 Å². The molecule has 2 saturated heterocycles. The zero-order valence-electron chi connectivity index (χ0n) is 19.2. The molecule has 0 bridgehead atoms. The average Bonchev–Trinajstić information content (AvgIpc) is 2.85. The lowest BCUT2D eigenvalue weighted by molar-refractivity contribution is 0.0303. The smallest absolute Gasteiger partial charge is 0.257 e. The first kappa shape index (κ1) is 22.0. The van der Waals surface area contributed by atoms with E-state index < -0.39 is 0 Å². The van der Waals surface area contributed by atoms with Crippen molar-refractivity contribution in [3.05, 3.63) is 64.3 Å². The fraction of sp³-hybridized carbons (Fsp3) is 0.385. The Morgan fingerprint density at radius 3 is 2.45 bits per heavy atom. The van der Waals surface area contributed by atoms with Crippen LogP contribution in [0.3, 0.4) is 0 Å². The SMILES string of the molecule is Cc1cccc(N2CCN(c3c(C(=O)N4CCOCC4)cnc4ccc(Cl)cc34)CC2)c1C. The minimum atomic E-state index is 0.0135. The van der Waals surface area contributed by atoms with Crippen LogP contribution in [0.2, 0.25) is 5.02 Å². The van der Waals surface area contributed by atoms with Gasteiger partial charge in [0.2, 0.25) is 0 Å². The van der Waals surface area contributed by atoms with Crippen LogP contribution >= 0.6 is 11.6 Å². The lowest BCUT2D eigenvalue weighted by Gasteiger charge is -2.39. The molecule has 0 aliphatic carbocycles. The third-order valence-electron chi connectivity index (χ3n) is 6.84. The lowest BCUT2D eigenvalue weighted by atomic mass is 10.0. The number of piperazine rings is 1. The Balaban J connectivity index is 1.49. The Morgan fingerprint density at radius 2 is 1.70 bits per heavy atom. The number of hydrogen-bond acceptors (Lipinski definition) is 5. The number of aromatic nitrogens is 1. The molecule has 0 atom stereocenters. The molecule has 0 spiro atoms. The molecule has 0 unspecified atom stereocenters. The maximum atomic E-state index is 13.5. The summed E-state index contributed by atoms with van der Waals surface area (Å²) in [4.78, 5) is 24.8. The standard InChI is InChI=1S/C26H29ClN4O2/c1-18-4-3-5-24(19(18)2)29-8-10-30(11-9-29)25-21-16-20(27)6-7-23(21)28-17-22(25)26(32)31-12-14-33-15-13-31/h3-7,16-17H,8-15H2,1-2H3. The maximum absolute atomic E-state index is 13.5. The van der Waals surface area contributed by atoms with E-state index in [-0.39, 0.29) is 5.91 Å². The van der Waals surface area contributed by atoms with Gasteiger partial charge < -0.3 is 19.4 Å². The van der Waals surface area contributed by atoms with Crippen molar-refractivity contribution < 1.29 is 9.53 Å². The van der Waals surface area contributed by atoms with Gasteiger partial charge in [0, 0.05) is 61.6 Å². The number of morpholine rings is 1. The van der Waals surface area contributed by atoms with Crippen molar-refractivity contribution in [2.24, 2.45) is 0 Å². The molecule has 0 radical (unpaired) electrons. The molecule has 33 heavy (non-hydrogen) atoms. The summed E-state index contributed by atoms with van der Waals surface area (Å²) in [5.74, 6) is 0.0135. The number of carbonyl (C=O) groups excluding carboxylic acids is 1. The summed E-state index contributed by atoms with van der Waals surface area (Å²) in [6, 6.07) is 12.2. The molecule has 3 aromatic rings. The van der Waals surface area contributed by atoms with E-state index in [0.29, 0.717) is 36.9 Å². The molecule has 1 aromatic heterocycles. The number of carbonyl (C=O) groups is 1. The van der Waals surface area contributed by atoms with Crippen LogP contribution < -0.4 is 9.80 Å². The summed E-state index contributed by atoms with van der Waals surface area (Å²) in [5, 5.41) is 1.58. The first-order valence-corrected chi connectivity index (χ1v) is 11.9. The summed E-state index contributed by atoms with van der Waals surface area (Å²) < 4.78 is 5.45. The summed E-state index contributed by atoms with van der Waals surface area (Å²) in [6.45, 7) is 10.1. The summed E-state index contributed by atoms with van der Waals surface area (Å²) in [5.41, 5.74) is 6.37. The molecule has 0 N–H and O–H groups in total. The third kappa shape index (κ3) is 4.25. The first-order valence-electron chi connectivity index (χ1n) is 11.5. The van der Waals surface area contributed by atoms with Crippen molar-refractivity contribution in [1.82, 2.24) is 9.88 Å². The van der Waals surface area contributed by atoms with Gasteiger partial charge in [-0.15, -0.1) is 0 Å². The van der Waals surface area contributed by atoms with Gasteiger partial charge in [-0.1, -0.05) is 23.7 Å². The zero-order chi connectivity index (χ0) is 22.9. The first-order chi connectivity index (χ1) is 16.0. The highest BCUT2D eigenvalue weighted by Crippen LogP contribution is 2.34. The molecular formula is C26H29ClN4O2. The van der Waals surface area contributed by atoms with Crippen LogP contribution in [0, 0.1) is 13.8 Å². The molecule has 1 amide bonds. The third-order valence-corrected chi connectivity index (χ3v) is 7.08. The molecule has 2 aliphatic rings. The highest BCUT2D eigenvalue weighted by molar-refractivity contribution is 6.31. The number of ether oxygens (including phenoxy) is 1. The number of pyridine rings is 1. The maximum Gasteiger partial charge on any atom is 0.257 e. The van der Waals surface area contributed by atoms with Crippen LogP contribution in [-0.2, 0) is 4.74 Å². The normalized spacial score (nSPS) is 17.0. The number of nitrogens with zero attached hydrogens (tertiary/aromatic N) is 4. The van der Waals surface area contributed by atoms with Gasteiger partial charge >= 0.3 is 0 Å². The van der Waals surface area contributed by atoms with Gasteiger partial charge in [-0.25, -0.2) is 0 Å². The minimum Gasteiger partial charge on any atom is -0.378 e. The fourth-order valence-electron chi connectivity index (χ4n) is 4.83. The van der Waals surface area contributed by atoms with E-state index in [1.807, 2.05) is 23.1 Å². The Bertz CT molecular complexity index is 1180. The monoisotopic (exact) mass is 464 g/mol. The topological polar surface area (TPSA) is 48.9 Å². The van der Waals surface area contributed by atoms with E-state index in [4.69, 9.17) is 16.3 Å². The summed E-state index contributed by atoms with van der Waals surface area (Å²) in [7, 11) is 0. The Morgan fingerprint density at radius 1 is 0.970 bits per heavy atom. The molecule has 2 aromatic carbocycles. The molecule has 6 nitrogen and oxygen atoms in total. The Kier molecular flexibility index (Phi) is 6.13. The largest absolute Gasteiger partial charge is 0.378 e. The van der Waals surface area contributed by atoms with Gasteiger partial charge in [-0.2, -0.15) is 0 Å². The van der Waals surface area contributed by atoms with E-state index in [2.05, 4.69) is 46.8 Å². The molecular weight excluding hydrogens is 436 g/mol. The van der Waals surface area contributed by atoms with E-state index in [1.54, 1.807) is 6.20 Å². The minimum absolute atomic E-state index is 0.0135. The van der Waals surface area contributed by atoms with E-state index in [9.17, 15) is 4.79 Å². The molecule has 5 rings (SSSR count). The second kappa shape index (κ2) is 9.20. The molecule has 3 heterocycles. The number of anilines is 2. The van der Waals surface area contributed by atoms with Crippen LogP contribution in [0.5, 0.6) is 0 Å². The second-order valence-corrected chi connectivity index (χ2v) is 9.22. The van der Waals surface area contributed by atoms with Gasteiger partial charge in [-0.3, -0.25) is 9.78 Å². The van der Waals surface area contributed by atoms with Crippen LogP contribution in [0.15, 0.2) is 42.6 Å². The molecule has 172 valence electrons. The molecule has 0 saturated carbocycles. The van der Waals surface area contributed by atoms with Gasteiger partial charge in [0.15, 0.2) is 0 Å². The number of fused-ring (bicyclic) bond motifs is 1.